The van der Waals surface area contributed by atoms with E-state index in [0.29, 0.717) is 26.0 Å². The van der Waals surface area contributed by atoms with Crippen LogP contribution in [0.25, 0.3) is 0 Å². The molecule has 1 aromatic rings. The van der Waals surface area contributed by atoms with E-state index < -0.39 is 5.41 Å². The van der Waals surface area contributed by atoms with E-state index in [1.807, 2.05) is 13.8 Å². The fourth-order valence-corrected chi connectivity index (χ4v) is 2.83. The van der Waals surface area contributed by atoms with Crippen LogP contribution in [0.4, 0.5) is 0 Å². The number of ether oxygens (including phenoxy) is 1. The summed E-state index contributed by atoms with van der Waals surface area (Å²) in [4.78, 5) is 16.9. The second-order valence-electron chi connectivity index (χ2n) is 5.53. The summed E-state index contributed by atoms with van der Waals surface area (Å²) in [7, 11) is 0. The Morgan fingerprint density at radius 3 is 2.90 bits per heavy atom. The van der Waals surface area contributed by atoms with E-state index in [9.17, 15) is 4.79 Å². The Balaban J connectivity index is 2.19. The number of carbonyl (C=O) groups is 1. The van der Waals surface area contributed by atoms with Crippen LogP contribution in [-0.2, 0) is 28.9 Å². The minimum absolute atomic E-state index is 0.198. The predicted molar refractivity (Wildman–Crippen MR) is 77.3 cm³/mol. The van der Waals surface area contributed by atoms with Crippen molar-refractivity contribution in [3.05, 3.63) is 17.7 Å². The third-order valence-corrected chi connectivity index (χ3v) is 4.25. The number of fused-ring (bicyclic) bond motifs is 1. The van der Waals surface area contributed by atoms with E-state index >= 15 is 0 Å². The number of aromatic nitrogens is 2. The van der Waals surface area contributed by atoms with Crippen LogP contribution in [0.2, 0.25) is 0 Å². The molecule has 1 unspecified atom stereocenters. The van der Waals surface area contributed by atoms with E-state index in [0.717, 1.165) is 24.5 Å². The lowest BCUT2D eigenvalue weighted by Gasteiger charge is -2.27. The highest BCUT2D eigenvalue weighted by atomic mass is 16.5. The van der Waals surface area contributed by atoms with Crippen LogP contribution in [0, 0.1) is 5.41 Å². The molecule has 2 rings (SSSR count). The zero-order valence-electron chi connectivity index (χ0n) is 12.5. The molecule has 2 heterocycles. The van der Waals surface area contributed by atoms with Gasteiger partial charge < -0.3 is 15.0 Å². The number of carbonyl (C=O) groups excluding carboxylic acids is 1. The lowest BCUT2D eigenvalue weighted by molar-refractivity contribution is -0.155. The van der Waals surface area contributed by atoms with E-state index in [1.165, 1.54) is 12.8 Å². The van der Waals surface area contributed by atoms with Crippen molar-refractivity contribution in [1.82, 2.24) is 9.55 Å². The Morgan fingerprint density at radius 2 is 2.30 bits per heavy atom. The second-order valence-corrected chi connectivity index (χ2v) is 5.53. The van der Waals surface area contributed by atoms with Crippen molar-refractivity contribution < 1.29 is 9.53 Å². The molecule has 0 saturated carbocycles. The molecule has 5 heteroatoms. The Morgan fingerprint density at radius 1 is 1.50 bits per heavy atom. The van der Waals surface area contributed by atoms with Gasteiger partial charge in [0.2, 0.25) is 0 Å². The molecular formula is C15H25N3O2. The first kappa shape index (κ1) is 15.0. The molecule has 112 valence electrons. The maximum Gasteiger partial charge on any atom is 0.313 e. The highest BCUT2D eigenvalue weighted by molar-refractivity contribution is 5.77. The summed E-state index contributed by atoms with van der Waals surface area (Å²) >= 11 is 0. The molecule has 0 aromatic carbocycles. The fourth-order valence-electron chi connectivity index (χ4n) is 2.83. The minimum atomic E-state index is -0.638. The van der Waals surface area contributed by atoms with Gasteiger partial charge in [-0.15, -0.1) is 0 Å². The largest absolute Gasteiger partial charge is 0.466 e. The van der Waals surface area contributed by atoms with Crippen molar-refractivity contribution in [1.29, 1.82) is 0 Å². The third-order valence-electron chi connectivity index (χ3n) is 4.25. The van der Waals surface area contributed by atoms with Crippen LogP contribution in [0.15, 0.2) is 6.20 Å². The molecule has 1 aliphatic heterocycles. The SMILES string of the molecule is CCOC(=O)C(CC)(CN)Cc1cn2c(n1)CCCC2. The maximum atomic E-state index is 12.2. The number of hydrogen-bond acceptors (Lipinski definition) is 4. The molecule has 20 heavy (non-hydrogen) atoms. The molecular weight excluding hydrogens is 254 g/mol. The lowest BCUT2D eigenvalue weighted by atomic mass is 9.81. The minimum Gasteiger partial charge on any atom is -0.466 e. The van der Waals surface area contributed by atoms with E-state index in [1.54, 1.807) is 0 Å². The van der Waals surface area contributed by atoms with Gasteiger partial charge in [0.1, 0.15) is 5.82 Å². The van der Waals surface area contributed by atoms with E-state index in [-0.39, 0.29) is 5.97 Å². The number of nitrogens with zero attached hydrogens (tertiary/aromatic N) is 2. The second kappa shape index (κ2) is 6.39. The van der Waals surface area contributed by atoms with Gasteiger partial charge in [0.05, 0.1) is 17.7 Å². The summed E-state index contributed by atoms with van der Waals surface area (Å²) in [6, 6.07) is 0. The van der Waals surface area contributed by atoms with Gasteiger partial charge in [-0.3, -0.25) is 4.79 Å². The topological polar surface area (TPSA) is 70.1 Å². The summed E-state index contributed by atoms with van der Waals surface area (Å²) < 4.78 is 7.42. The number of nitrogens with two attached hydrogens (primary N) is 1. The van der Waals surface area contributed by atoms with Crippen molar-refractivity contribution in [3.8, 4) is 0 Å². The van der Waals surface area contributed by atoms with Gasteiger partial charge in [-0.25, -0.2) is 4.98 Å². The molecule has 1 atom stereocenters. The highest BCUT2D eigenvalue weighted by Crippen LogP contribution is 2.28. The smallest absolute Gasteiger partial charge is 0.313 e. The Hall–Kier alpha value is -1.36. The maximum absolute atomic E-state index is 12.2. The van der Waals surface area contributed by atoms with E-state index in [4.69, 9.17) is 10.5 Å². The molecule has 0 bridgehead atoms. The summed E-state index contributed by atoms with van der Waals surface area (Å²) in [6.07, 6.45) is 6.75. The zero-order valence-corrected chi connectivity index (χ0v) is 12.5. The molecule has 0 amide bonds. The Bertz CT molecular complexity index is 440. The average Bonchev–Trinajstić information content (AvgIpc) is 2.87. The van der Waals surface area contributed by atoms with Crippen LogP contribution >= 0.6 is 0 Å². The third kappa shape index (κ3) is 2.87. The zero-order chi connectivity index (χ0) is 14.6. The molecule has 0 saturated heterocycles. The summed E-state index contributed by atoms with van der Waals surface area (Å²) in [6.45, 7) is 5.53. The summed E-state index contributed by atoms with van der Waals surface area (Å²) in [5, 5.41) is 0. The van der Waals surface area contributed by atoms with Crippen LogP contribution in [0.1, 0.15) is 44.6 Å². The van der Waals surface area contributed by atoms with Crippen molar-refractivity contribution in [2.24, 2.45) is 11.1 Å². The van der Waals surface area contributed by atoms with Crippen LogP contribution in [0.3, 0.4) is 0 Å². The van der Waals surface area contributed by atoms with Gasteiger partial charge in [-0.2, -0.15) is 0 Å². The van der Waals surface area contributed by atoms with Gasteiger partial charge in [-0.05, 0) is 26.2 Å². The summed E-state index contributed by atoms with van der Waals surface area (Å²) in [5.41, 5.74) is 6.21. The number of rotatable bonds is 6. The van der Waals surface area contributed by atoms with Gasteiger partial charge in [0.25, 0.3) is 0 Å². The number of aryl methyl sites for hydroxylation is 2. The quantitative estimate of drug-likeness (QED) is 0.804. The first-order chi connectivity index (χ1) is 9.65. The van der Waals surface area contributed by atoms with Crippen LogP contribution in [0.5, 0.6) is 0 Å². The number of esters is 1. The van der Waals surface area contributed by atoms with Gasteiger partial charge in [0.15, 0.2) is 0 Å². The molecule has 5 nitrogen and oxygen atoms in total. The molecule has 0 fully saturated rings. The first-order valence-electron chi connectivity index (χ1n) is 7.57. The standard InChI is InChI=1S/C15H25N3O2/c1-3-15(11-16,14(19)20-4-2)9-12-10-18-8-6-5-7-13(18)17-12/h10H,3-9,11,16H2,1-2H3. The van der Waals surface area contributed by atoms with Crippen molar-refractivity contribution in [2.75, 3.05) is 13.2 Å². The molecule has 1 aromatic heterocycles. The molecule has 2 N–H and O–H groups in total. The molecule has 0 radical (unpaired) electrons. The van der Waals surface area contributed by atoms with Crippen molar-refractivity contribution in [3.63, 3.8) is 0 Å². The van der Waals surface area contributed by atoms with Gasteiger partial charge >= 0.3 is 5.97 Å². The molecule has 1 aliphatic rings. The fraction of sp³-hybridized carbons (Fsp3) is 0.733. The average molecular weight is 279 g/mol. The Kier molecular flexibility index (Phi) is 4.81. The number of hydrogen-bond donors (Lipinski definition) is 1. The van der Waals surface area contributed by atoms with Crippen LogP contribution < -0.4 is 5.73 Å². The normalized spacial score (nSPS) is 17.4. The van der Waals surface area contributed by atoms with Gasteiger partial charge in [-0.1, -0.05) is 6.92 Å². The Labute approximate surface area is 120 Å². The predicted octanol–water partition coefficient (Wildman–Crippen LogP) is 1.68. The highest BCUT2D eigenvalue weighted by Gasteiger charge is 2.38. The van der Waals surface area contributed by atoms with Crippen LogP contribution in [-0.4, -0.2) is 28.7 Å². The number of imidazole rings is 1. The van der Waals surface area contributed by atoms with Gasteiger partial charge in [0, 0.05) is 32.1 Å². The van der Waals surface area contributed by atoms with Crippen molar-refractivity contribution in [2.45, 2.75) is 52.5 Å². The van der Waals surface area contributed by atoms with E-state index in [2.05, 4.69) is 15.7 Å². The van der Waals surface area contributed by atoms with Crippen molar-refractivity contribution >= 4 is 5.97 Å². The summed E-state index contributed by atoms with van der Waals surface area (Å²) in [5.74, 6) is 0.938. The molecule has 0 spiro atoms. The first-order valence-corrected chi connectivity index (χ1v) is 7.57. The molecule has 0 aliphatic carbocycles. The lowest BCUT2D eigenvalue weighted by Crippen LogP contribution is -2.41. The monoisotopic (exact) mass is 279 g/mol.